The maximum atomic E-state index is 9.18. The fourth-order valence-electron chi connectivity index (χ4n) is 3.21. The molecule has 0 amide bonds. The first kappa shape index (κ1) is 11.7. The number of imidazole rings is 1. The van der Waals surface area contributed by atoms with Gasteiger partial charge in [-0.3, -0.25) is 0 Å². The molecule has 2 aliphatic heterocycles. The first-order chi connectivity index (χ1) is 8.88. The molecule has 18 heavy (non-hydrogen) atoms. The molecule has 0 atom stereocenters. The highest BCUT2D eigenvalue weighted by atomic mass is 15.1. The van der Waals surface area contributed by atoms with Gasteiger partial charge in [-0.2, -0.15) is 5.26 Å². The number of hydrogen-bond donors (Lipinski definition) is 1. The van der Waals surface area contributed by atoms with Gasteiger partial charge < -0.3 is 9.88 Å². The standard InChI is InChI=1S/C14H20N4/c15-10-12-13-3-1-2-8-18(13)14(17-12)9-11-4-6-16-7-5-11/h11,16H,1-9H2. The van der Waals surface area contributed by atoms with Crippen molar-refractivity contribution in [1.82, 2.24) is 14.9 Å². The molecular weight excluding hydrogens is 224 g/mol. The molecule has 0 saturated carbocycles. The largest absolute Gasteiger partial charge is 0.331 e. The Morgan fingerprint density at radius 1 is 1.33 bits per heavy atom. The fourth-order valence-corrected chi connectivity index (χ4v) is 3.21. The summed E-state index contributed by atoms with van der Waals surface area (Å²) in [7, 11) is 0. The molecule has 0 aliphatic carbocycles. The molecule has 1 fully saturated rings. The first-order valence-electron chi connectivity index (χ1n) is 7.07. The van der Waals surface area contributed by atoms with Crippen LogP contribution in [0.3, 0.4) is 0 Å². The van der Waals surface area contributed by atoms with Crippen LogP contribution in [0.15, 0.2) is 0 Å². The van der Waals surface area contributed by atoms with Crippen molar-refractivity contribution in [2.45, 2.75) is 45.1 Å². The van der Waals surface area contributed by atoms with Crippen LogP contribution < -0.4 is 5.32 Å². The van der Waals surface area contributed by atoms with Crippen molar-refractivity contribution >= 4 is 0 Å². The van der Waals surface area contributed by atoms with Gasteiger partial charge in [0, 0.05) is 13.0 Å². The van der Waals surface area contributed by atoms with Crippen LogP contribution in [0.2, 0.25) is 0 Å². The van der Waals surface area contributed by atoms with E-state index >= 15 is 0 Å². The Labute approximate surface area is 108 Å². The number of nitriles is 1. The van der Waals surface area contributed by atoms with Crippen LogP contribution in [0.5, 0.6) is 0 Å². The number of rotatable bonds is 2. The summed E-state index contributed by atoms with van der Waals surface area (Å²) in [6.45, 7) is 3.32. The molecule has 4 nitrogen and oxygen atoms in total. The molecule has 1 saturated heterocycles. The lowest BCUT2D eigenvalue weighted by molar-refractivity contribution is 0.359. The zero-order valence-electron chi connectivity index (χ0n) is 10.8. The van der Waals surface area contributed by atoms with E-state index in [2.05, 4.69) is 20.9 Å². The zero-order valence-corrected chi connectivity index (χ0v) is 10.8. The van der Waals surface area contributed by atoms with Gasteiger partial charge in [-0.05, 0) is 51.1 Å². The molecule has 3 rings (SSSR count). The molecule has 1 aromatic heterocycles. The second-order valence-corrected chi connectivity index (χ2v) is 5.44. The van der Waals surface area contributed by atoms with Gasteiger partial charge in [0.05, 0.1) is 5.69 Å². The first-order valence-corrected chi connectivity index (χ1v) is 7.07. The summed E-state index contributed by atoms with van der Waals surface area (Å²) in [5.41, 5.74) is 1.87. The van der Waals surface area contributed by atoms with Gasteiger partial charge in [0.25, 0.3) is 0 Å². The molecule has 0 unspecified atom stereocenters. The van der Waals surface area contributed by atoms with E-state index in [4.69, 9.17) is 0 Å². The van der Waals surface area contributed by atoms with Crippen LogP contribution in [-0.4, -0.2) is 22.6 Å². The third-order valence-corrected chi connectivity index (χ3v) is 4.23. The van der Waals surface area contributed by atoms with Crippen molar-refractivity contribution < 1.29 is 0 Å². The van der Waals surface area contributed by atoms with Crippen LogP contribution in [0.1, 0.15) is 42.9 Å². The Morgan fingerprint density at radius 3 is 2.94 bits per heavy atom. The fraction of sp³-hybridized carbons (Fsp3) is 0.714. The molecule has 0 aromatic carbocycles. The van der Waals surface area contributed by atoms with Crippen LogP contribution in [0.4, 0.5) is 0 Å². The van der Waals surface area contributed by atoms with E-state index in [1.165, 1.54) is 31.4 Å². The SMILES string of the molecule is N#Cc1nc(CC2CCNCC2)n2c1CCCC2. The predicted molar refractivity (Wildman–Crippen MR) is 69.2 cm³/mol. The molecule has 1 N–H and O–H groups in total. The van der Waals surface area contributed by atoms with Crippen molar-refractivity contribution in [3.63, 3.8) is 0 Å². The molecule has 0 radical (unpaired) electrons. The minimum atomic E-state index is 0.679. The molecule has 1 aromatic rings. The Balaban J connectivity index is 1.83. The van der Waals surface area contributed by atoms with Crippen molar-refractivity contribution in [2.24, 2.45) is 5.92 Å². The van der Waals surface area contributed by atoms with E-state index < -0.39 is 0 Å². The average Bonchev–Trinajstić information content (AvgIpc) is 2.78. The lowest BCUT2D eigenvalue weighted by Gasteiger charge is -2.23. The number of nitrogens with one attached hydrogen (secondary N) is 1. The summed E-state index contributed by atoms with van der Waals surface area (Å²) in [5, 5.41) is 12.6. The van der Waals surface area contributed by atoms with Crippen LogP contribution in [-0.2, 0) is 19.4 Å². The predicted octanol–water partition coefficient (Wildman–Crippen LogP) is 1.63. The number of piperidine rings is 1. The molecule has 0 spiro atoms. The number of nitrogens with zero attached hydrogens (tertiary/aromatic N) is 3. The highest BCUT2D eigenvalue weighted by Crippen LogP contribution is 2.24. The van der Waals surface area contributed by atoms with Crippen molar-refractivity contribution in [1.29, 1.82) is 5.26 Å². The zero-order chi connectivity index (χ0) is 12.4. The molecular formula is C14H20N4. The van der Waals surface area contributed by atoms with Crippen molar-refractivity contribution in [3.8, 4) is 6.07 Å². The second-order valence-electron chi connectivity index (χ2n) is 5.44. The lowest BCUT2D eigenvalue weighted by atomic mass is 9.94. The maximum absolute atomic E-state index is 9.18. The molecule has 4 heteroatoms. The average molecular weight is 244 g/mol. The van der Waals surface area contributed by atoms with E-state index in [0.717, 1.165) is 44.2 Å². The second kappa shape index (κ2) is 5.11. The third kappa shape index (κ3) is 2.15. The van der Waals surface area contributed by atoms with Gasteiger partial charge in [-0.1, -0.05) is 0 Å². The van der Waals surface area contributed by atoms with Gasteiger partial charge >= 0.3 is 0 Å². The minimum Gasteiger partial charge on any atom is -0.331 e. The van der Waals surface area contributed by atoms with Gasteiger partial charge in [0.15, 0.2) is 5.69 Å². The summed E-state index contributed by atoms with van der Waals surface area (Å²) in [5.74, 6) is 1.90. The topological polar surface area (TPSA) is 53.6 Å². The van der Waals surface area contributed by atoms with E-state index in [9.17, 15) is 5.26 Å². The van der Waals surface area contributed by atoms with E-state index in [1.54, 1.807) is 0 Å². The molecule has 2 aliphatic rings. The smallest absolute Gasteiger partial charge is 0.161 e. The summed E-state index contributed by atoms with van der Waals surface area (Å²) in [6.07, 6.45) is 6.99. The summed E-state index contributed by atoms with van der Waals surface area (Å²) in [6, 6.07) is 2.27. The minimum absolute atomic E-state index is 0.679. The highest BCUT2D eigenvalue weighted by molar-refractivity contribution is 5.30. The van der Waals surface area contributed by atoms with Crippen LogP contribution in [0, 0.1) is 17.2 Å². The summed E-state index contributed by atoms with van der Waals surface area (Å²) in [4.78, 5) is 4.59. The molecule has 96 valence electrons. The quantitative estimate of drug-likeness (QED) is 0.860. The van der Waals surface area contributed by atoms with Crippen molar-refractivity contribution in [2.75, 3.05) is 13.1 Å². The maximum Gasteiger partial charge on any atom is 0.161 e. The van der Waals surface area contributed by atoms with E-state index in [-0.39, 0.29) is 0 Å². The highest BCUT2D eigenvalue weighted by Gasteiger charge is 2.22. The van der Waals surface area contributed by atoms with Gasteiger partial charge in [-0.15, -0.1) is 0 Å². The van der Waals surface area contributed by atoms with E-state index in [1.807, 2.05) is 0 Å². The Bertz CT molecular complexity index is 463. The number of aromatic nitrogens is 2. The summed E-state index contributed by atoms with van der Waals surface area (Å²) >= 11 is 0. The Morgan fingerprint density at radius 2 is 2.17 bits per heavy atom. The monoisotopic (exact) mass is 244 g/mol. The Kier molecular flexibility index (Phi) is 3.33. The van der Waals surface area contributed by atoms with Crippen molar-refractivity contribution in [3.05, 3.63) is 17.2 Å². The van der Waals surface area contributed by atoms with Crippen LogP contribution in [0.25, 0.3) is 0 Å². The van der Waals surface area contributed by atoms with E-state index in [0.29, 0.717) is 5.69 Å². The third-order valence-electron chi connectivity index (χ3n) is 4.23. The van der Waals surface area contributed by atoms with Gasteiger partial charge in [0.2, 0.25) is 0 Å². The number of fused-ring (bicyclic) bond motifs is 1. The summed E-state index contributed by atoms with van der Waals surface area (Å²) < 4.78 is 2.32. The van der Waals surface area contributed by atoms with Gasteiger partial charge in [-0.25, -0.2) is 4.98 Å². The normalized spacial score (nSPS) is 20.4. The number of hydrogen-bond acceptors (Lipinski definition) is 3. The van der Waals surface area contributed by atoms with Gasteiger partial charge in [0.1, 0.15) is 11.9 Å². The Hall–Kier alpha value is -1.34. The lowest BCUT2D eigenvalue weighted by Crippen LogP contribution is -2.29. The van der Waals surface area contributed by atoms with Crippen LogP contribution >= 0.6 is 0 Å². The molecule has 0 bridgehead atoms. The molecule has 3 heterocycles.